The number of piperidine rings is 1. The summed E-state index contributed by atoms with van der Waals surface area (Å²) in [5, 5.41) is 4.14. The van der Waals surface area contributed by atoms with Gasteiger partial charge in [-0.3, -0.25) is 9.79 Å². The van der Waals surface area contributed by atoms with Crippen LogP contribution in [0, 0.1) is 25.7 Å². The van der Waals surface area contributed by atoms with E-state index in [4.69, 9.17) is 19.2 Å². The maximum Gasteiger partial charge on any atom is 0.389 e. The summed E-state index contributed by atoms with van der Waals surface area (Å²) in [7, 11) is -3.75. The van der Waals surface area contributed by atoms with Gasteiger partial charge in [-0.2, -0.15) is 17.5 Å². The van der Waals surface area contributed by atoms with Crippen molar-refractivity contribution < 1.29 is 40.6 Å². The van der Waals surface area contributed by atoms with Gasteiger partial charge in [0.15, 0.2) is 5.79 Å². The Kier molecular flexibility index (Phi) is 9.76. The zero-order valence-electron chi connectivity index (χ0n) is 26.4. The molecule has 250 valence electrons. The number of aliphatic imine (C=N–C) groups is 1. The molecule has 1 atom stereocenters. The lowest BCUT2D eigenvalue weighted by atomic mass is 9.79. The van der Waals surface area contributed by atoms with E-state index in [9.17, 15) is 26.4 Å². The molecule has 1 spiro atoms. The fourth-order valence-electron chi connectivity index (χ4n) is 6.83. The van der Waals surface area contributed by atoms with Crippen LogP contribution in [0.25, 0.3) is 6.08 Å². The van der Waals surface area contributed by atoms with Crippen molar-refractivity contribution in [1.29, 1.82) is 0 Å². The van der Waals surface area contributed by atoms with E-state index in [0.29, 0.717) is 50.5 Å². The second-order valence-corrected chi connectivity index (χ2v) is 15.2. The van der Waals surface area contributed by atoms with Crippen LogP contribution >= 0.6 is 0 Å². The number of carbonyl (C=O) groups excluding carboxylic acids is 1. The predicted octanol–water partition coefficient (Wildman–Crippen LogP) is 5.65. The number of carbonyl (C=O) groups is 1. The highest BCUT2D eigenvalue weighted by Crippen LogP contribution is 2.38. The maximum atomic E-state index is 13.3. The number of sulfonamides is 1. The summed E-state index contributed by atoms with van der Waals surface area (Å²) in [6.45, 7) is 8.65. The summed E-state index contributed by atoms with van der Waals surface area (Å²) >= 11 is 0. The van der Waals surface area contributed by atoms with E-state index < -0.39 is 33.9 Å². The van der Waals surface area contributed by atoms with E-state index in [0.717, 1.165) is 16.7 Å². The molecule has 3 aliphatic heterocycles. The number of ether oxygens (including phenoxy) is 3. The van der Waals surface area contributed by atoms with Gasteiger partial charge in [0.05, 0.1) is 6.61 Å². The molecule has 1 N–H and O–H groups in total. The Morgan fingerprint density at radius 2 is 1.76 bits per heavy atom. The molecule has 3 fully saturated rings. The maximum absolute atomic E-state index is 13.3. The summed E-state index contributed by atoms with van der Waals surface area (Å²) in [5.74, 6) is 0.491. The molecule has 0 radical (unpaired) electrons. The average molecular weight is 656 g/mol. The average Bonchev–Trinajstić information content (AvgIpc) is 3.48. The third-order valence-corrected chi connectivity index (χ3v) is 11.0. The van der Waals surface area contributed by atoms with Crippen molar-refractivity contribution in [1.82, 2.24) is 9.62 Å². The van der Waals surface area contributed by atoms with Crippen molar-refractivity contribution in [2.45, 2.75) is 103 Å². The van der Waals surface area contributed by atoms with Gasteiger partial charge in [-0.05, 0) is 113 Å². The molecule has 1 aliphatic carbocycles. The first-order chi connectivity index (χ1) is 21.0. The third kappa shape index (κ3) is 8.28. The molecule has 4 aliphatic rings. The number of rotatable bonds is 9. The first kappa shape index (κ1) is 33.9. The third-order valence-electron chi connectivity index (χ3n) is 9.45. The van der Waals surface area contributed by atoms with Crippen LogP contribution < -0.4 is 10.1 Å². The minimum atomic E-state index is -4.14. The van der Waals surface area contributed by atoms with Crippen LogP contribution in [0.5, 0.6) is 5.75 Å². The lowest BCUT2D eigenvalue weighted by molar-refractivity contribution is -0.141. The van der Waals surface area contributed by atoms with Gasteiger partial charge in [-0.15, -0.1) is 0 Å². The van der Waals surface area contributed by atoms with E-state index in [2.05, 4.69) is 5.32 Å². The fraction of sp³-hybridized carbons (Fsp3) is 0.688. The molecular formula is C32H44F3N3O6S. The lowest BCUT2D eigenvalue weighted by Gasteiger charge is -2.34. The second kappa shape index (κ2) is 13.0. The number of hydrogen-bond donors (Lipinski definition) is 1. The zero-order chi connectivity index (χ0) is 32.6. The van der Waals surface area contributed by atoms with Crippen LogP contribution in [0.4, 0.5) is 13.2 Å². The van der Waals surface area contributed by atoms with Crippen molar-refractivity contribution in [2.24, 2.45) is 16.8 Å². The molecule has 9 nitrogen and oxygen atoms in total. The Morgan fingerprint density at radius 1 is 1.11 bits per heavy atom. The Morgan fingerprint density at radius 3 is 2.33 bits per heavy atom. The van der Waals surface area contributed by atoms with Crippen LogP contribution in [0.2, 0.25) is 0 Å². The van der Waals surface area contributed by atoms with Gasteiger partial charge in [-0.25, -0.2) is 8.42 Å². The number of hydrogen-bond acceptors (Lipinski definition) is 7. The van der Waals surface area contributed by atoms with Crippen molar-refractivity contribution in [3.63, 3.8) is 0 Å². The Balaban J connectivity index is 1.15. The van der Waals surface area contributed by atoms with Crippen molar-refractivity contribution in [2.75, 3.05) is 26.3 Å². The number of amidine groups is 1. The first-order valence-corrected chi connectivity index (χ1v) is 17.3. The molecule has 1 amide bonds. The summed E-state index contributed by atoms with van der Waals surface area (Å²) in [6, 6.07) is 3.74. The van der Waals surface area contributed by atoms with E-state index in [-0.39, 0.29) is 56.2 Å². The fourth-order valence-corrected chi connectivity index (χ4v) is 8.00. The molecule has 45 heavy (non-hydrogen) atoms. The quantitative estimate of drug-likeness (QED) is 0.369. The molecule has 1 aromatic rings. The molecule has 0 unspecified atom stereocenters. The molecule has 1 aromatic carbocycles. The summed E-state index contributed by atoms with van der Waals surface area (Å²) in [4.78, 5) is 17.8. The van der Waals surface area contributed by atoms with Crippen LogP contribution in [0.1, 0.15) is 81.9 Å². The summed E-state index contributed by atoms with van der Waals surface area (Å²) in [6.07, 6.45) is -0.0304. The minimum Gasteiger partial charge on any atom is -0.491 e. The number of amides is 1. The smallest absolute Gasteiger partial charge is 0.389 e. The highest BCUT2D eigenvalue weighted by atomic mass is 32.2. The largest absolute Gasteiger partial charge is 0.491 e. The number of benzene rings is 1. The topological polar surface area (TPSA) is 107 Å². The zero-order valence-corrected chi connectivity index (χ0v) is 27.2. The van der Waals surface area contributed by atoms with Gasteiger partial charge in [0, 0.05) is 30.8 Å². The van der Waals surface area contributed by atoms with Crippen molar-refractivity contribution in [3.05, 3.63) is 34.2 Å². The van der Waals surface area contributed by atoms with Gasteiger partial charge < -0.3 is 19.5 Å². The first-order valence-electron chi connectivity index (χ1n) is 15.8. The number of aryl methyl sites for hydroxylation is 2. The van der Waals surface area contributed by atoms with E-state index >= 15 is 0 Å². The van der Waals surface area contributed by atoms with E-state index in [1.165, 1.54) is 9.71 Å². The number of nitrogens with zero attached hydrogens (tertiary/aromatic N) is 2. The highest BCUT2D eigenvalue weighted by Gasteiger charge is 2.48. The standard InChI is InChI=1S/C32H44F3N3O6S/c1-21-17-25(42-19-26-20-43-30(3,4)44-26)18-22(2)27(21)10-16-45(40,41)38-14-12-31(13-15-38)29(39)36-28(37-31)24-7-5-23(6-8-24)9-11-32(33,34)35/h10,16-18,23-24,26H,5-9,11-15,19-20H2,1-4H3,(H,36,37,39)/t23?,24?,26-/m0/s1. The molecule has 1 saturated carbocycles. The second-order valence-electron chi connectivity index (χ2n) is 13.3. The monoisotopic (exact) mass is 655 g/mol. The number of alkyl halides is 3. The molecule has 2 saturated heterocycles. The Hall–Kier alpha value is -2.48. The predicted molar refractivity (Wildman–Crippen MR) is 164 cm³/mol. The molecule has 5 rings (SSSR count). The molecule has 3 heterocycles. The molecular weight excluding hydrogens is 611 g/mol. The Bertz CT molecular complexity index is 1400. The van der Waals surface area contributed by atoms with Crippen molar-refractivity contribution >= 4 is 27.8 Å². The van der Waals surface area contributed by atoms with E-state index in [1.807, 2.05) is 39.8 Å². The van der Waals surface area contributed by atoms with Gasteiger partial charge in [-0.1, -0.05) is 0 Å². The number of halogens is 3. The van der Waals surface area contributed by atoms with Crippen LogP contribution in [0.15, 0.2) is 22.5 Å². The molecule has 0 bridgehead atoms. The van der Waals surface area contributed by atoms with Crippen LogP contribution in [0.3, 0.4) is 0 Å². The normalized spacial score (nSPS) is 27.2. The van der Waals surface area contributed by atoms with Gasteiger partial charge >= 0.3 is 6.18 Å². The Labute approximate surface area is 263 Å². The van der Waals surface area contributed by atoms with Crippen molar-refractivity contribution in [3.8, 4) is 5.75 Å². The lowest BCUT2D eigenvalue weighted by Crippen LogP contribution is -2.50. The van der Waals surface area contributed by atoms with Crippen LogP contribution in [-0.4, -0.2) is 74.4 Å². The number of nitrogens with one attached hydrogen (secondary N) is 1. The van der Waals surface area contributed by atoms with Gasteiger partial charge in [0.2, 0.25) is 10.0 Å². The van der Waals surface area contributed by atoms with Crippen LogP contribution in [-0.2, 0) is 24.3 Å². The van der Waals surface area contributed by atoms with Gasteiger partial charge in [0.1, 0.15) is 29.8 Å². The van der Waals surface area contributed by atoms with Gasteiger partial charge in [0.25, 0.3) is 5.91 Å². The SMILES string of the molecule is Cc1cc(OC[C@H]2COC(C)(C)O2)cc(C)c1C=CS(=O)(=O)N1CCC2(CC1)N=C(C1CCC(CCC(F)(F)F)CC1)NC2=O. The molecule has 0 aromatic heterocycles. The summed E-state index contributed by atoms with van der Waals surface area (Å²) in [5.41, 5.74) is 1.54. The summed E-state index contributed by atoms with van der Waals surface area (Å²) < 4.78 is 83.0. The minimum absolute atomic E-state index is 0.0145. The van der Waals surface area contributed by atoms with E-state index in [1.54, 1.807) is 6.08 Å². The molecule has 13 heteroatoms. The highest BCUT2D eigenvalue weighted by molar-refractivity contribution is 7.92.